The van der Waals surface area contributed by atoms with Gasteiger partial charge >= 0.3 is 0 Å². The summed E-state index contributed by atoms with van der Waals surface area (Å²) in [6.45, 7) is 7.26. The van der Waals surface area contributed by atoms with Crippen molar-refractivity contribution >= 4 is 5.91 Å². The lowest BCUT2D eigenvalue weighted by molar-refractivity contribution is -0.128. The summed E-state index contributed by atoms with van der Waals surface area (Å²) in [5, 5.41) is 0. The molecule has 1 fully saturated rings. The maximum absolute atomic E-state index is 12.0. The Morgan fingerprint density at radius 2 is 2.00 bits per heavy atom. The SMILES string of the molecule is CC=CC(=O)N(CCC(C)C)C1CCCC1. The number of nitrogens with zero attached hydrogens (tertiary/aromatic N) is 1. The summed E-state index contributed by atoms with van der Waals surface area (Å²) >= 11 is 0. The smallest absolute Gasteiger partial charge is 0.246 e. The molecule has 0 heterocycles. The van der Waals surface area contributed by atoms with E-state index in [-0.39, 0.29) is 5.91 Å². The molecule has 0 aromatic carbocycles. The molecule has 1 aliphatic carbocycles. The molecule has 0 aliphatic heterocycles. The van der Waals surface area contributed by atoms with Crippen LogP contribution in [0.2, 0.25) is 0 Å². The van der Waals surface area contributed by atoms with Gasteiger partial charge in [0.1, 0.15) is 0 Å². The van der Waals surface area contributed by atoms with E-state index in [1.165, 1.54) is 25.7 Å². The summed E-state index contributed by atoms with van der Waals surface area (Å²) in [4.78, 5) is 14.1. The summed E-state index contributed by atoms with van der Waals surface area (Å²) in [5.41, 5.74) is 0. The second-order valence-electron chi connectivity index (χ2n) is 5.15. The first kappa shape index (κ1) is 13.3. The van der Waals surface area contributed by atoms with Gasteiger partial charge in [0.25, 0.3) is 0 Å². The van der Waals surface area contributed by atoms with Crippen LogP contribution in [0, 0.1) is 5.92 Å². The van der Waals surface area contributed by atoms with Crippen LogP contribution in [0.25, 0.3) is 0 Å². The van der Waals surface area contributed by atoms with Crippen LogP contribution in [0.4, 0.5) is 0 Å². The van der Waals surface area contributed by atoms with Crippen LogP contribution in [0.1, 0.15) is 52.9 Å². The molecule has 16 heavy (non-hydrogen) atoms. The Hall–Kier alpha value is -0.790. The van der Waals surface area contributed by atoms with E-state index in [1.807, 2.05) is 13.0 Å². The molecule has 0 saturated heterocycles. The van der Waals surface area contributed by atoms with Crippen LogP contribution < -0.4 is 0 Å². The summed E-state index contributed by atoms with van der Waals surface area (Å²) in [6, 6.07) is 0.502. The van der Waals surface area contributed by atoms with Crippen LogP contribution in [0.3, 0.4) is 0 Å². The Morgan fingerprint density at radius 1 is 1.38 bits per heavy atom. The summed E-state index contributed by atoms with van der Waals surface area (Å²) < 4.78 is 0. The first-order valence-electron chi connectivity index (χ1n) is 6.58. The molecule has 1 amide bonds. The molecule has 1 saturated carbocycles. The molecule has 1 rings (SSSR count). The van der Waals surface area contributed by atoms with Gasteiger partial charge in [-0.15, -0.1) is 0 Å². The van der Waals surface area contributed by atoms with E-state index in [2.05, 4.69) is 18.7 Å². The Kier molecular flexibility index (Phi) is 5.58. The Bertz CT molecular complexity index is 239. The quantitative estimate of drug-likeness (QED) is 0.654. The standard InChI is InChI=1S/C14H25NO/c1-4-7-14(16)15(11-10-12(2)3)13-8-5-6-9-13/h4,7,12-13H,5-6,8-11H2,1-3H3. The molecular weight excluding hydrogens is 198 g/mol. The molecule has 1 aliphatic rings. The zero-order chi connectivity index (χ0) is 12.0. The first-order valence-corrected chi connectivity index (χ1v) is 6.58. The predicted molar refractivity (Wildman–Crippen MR) is 68.2 cm³/mol. The summed E-state index contributed by atoms with van der Waals surface area (Å²) in [7, 11) is 0. The van der Waals surface area contributed by atoms with Gasteiger partial charge < -0.3 is 4.90 Å². The van der Waals surface area contributed by atoms with Crippen molar-refractivity contribution in [3.8, 4) is 0 Å². The molecule has 0 N–H and O–H groups in total. The fraction of sp³-hybridized carbons (Fsp3) is 0.786. The van der Waals surface area contributed by atoms with Crippen molar-refractivity contribution in [3.05, 3.63) is 12.2 Å². The third-order valence-electron chi connectivity index (χ3n) is 3.31. The number of allylic oxidation sites excluding steroid dienone is 1. The highest BCUT2D eigenvalue weighted by Crippen LogP contribution is 2.24. The molecule has 2 nitrogen and oxygen atoms in total. The van der Waals surface area contributed by atoms with Crippen LogP contribution in [0.15, 0.2) is 12.2 Å². The van der Waals surface area contributed by atoms with Gasteiger partial charge in [-0.25, -0.2) is 0 Å². The van der Waals surface area contributed by atoms with Crippen molar-refractivity contribution in [2.75, 3.05) is 6.54 Å². The molecular formula is C14H25NO. The van der Waals surface area contributed by atoms with Crippen molar-refractivity contribution < 1.29 is 4.79 Å². The number of amides is 1. The highest BCUT2D eigenvalue weighted by molar-refractivity contribution is 5.87. The third kappa shape index (κ3) is 3.99. The largest absolute Gasteiger partial charge is 0.336 e. The molecule has 0 spiro atoms. The lowest BCUT2D eigenvalue weighted by Crippen LogP contribution is -2.38. The monoisotopic (exact) mass is 223 g/mol. The predicted octanol–water partition coefficient (Wildman–Crippen LogP) is 3.38. The molecule has 0 atom stereocenters. The van der Waals surface area contributed by atoms with Crippen LogP contribution in [0.5, 0.6) is 0 Å². The van der Waals surface area contributed by atoms with Gasteiger partial charge in [-0.05, 0) is 38.2 Å². The Balaban J connectivity index is 2.56. The van der Waals surface area contributed by atoms with E-state index in [4.69, 9.17) is 0 Å². The lowest BCUT2D eigenvalue weighted by atomic mass is 10.1. The second kappa shape index (κ2) is 6.72. The maximum Gasteiger partial charge on any atom is 0.246 e. The highest BCUT2D eigenvalue weighted by Gasteiger charge is 2.24. The zero-order valence-electron chi connectivity index (χ0n) is 10.9. The van der Waals surface area contributed by atoms with Gasteiger partial charge in [-0.1, -0.05) is 32.8 Å². The fourth-order valence-corrected chi connectivity index (χ4v) is 2.32. The van der Waals surface area contributed by atoms with Gasteiger partial charge in [0, 0.05) is 12.6 Å². The van der Waals surface area contributed by atoms with Crippen LogP contribution in [-0.2, 0) is 4.79 Å². The van der Waals surface area contributed by atoms with Crippen LogP contribution >= 0.6 is 0 Å². The van der Waals surface area contributed by atoms with E-state index >= 15 is 0 Å². The second-order valence-corrected chi connectivity index (χ2v) is 5.15. The number of carbonyl (C=O) groups excluding carboxylic acids is 1. The van der Waals surface area contributed by atoms with E-state index in [1.54, 1.807) is 6.08 Å². The summed E-state index contributed by atoms with van der Waals surface area (Å²) in [5.74, 6) is 0.873. The number of hydrogen-bond acceptors (Lipinski definition) is 1. The van der Waals surface area contributed by atoms with Gasteiger partial charge in [-0.2, -0.15) is 0 Å². The fourth-order valence-electron chi connectivity index (χ4n) is 2.32. The van der Waals surface area contributed by atoms with Gasteiger partial charge in [0.05, 0.1) is 0 Å². The zero-order valence-corrected chi connectivity index (χ0v) is 10.9. The van der Waals surface area contributed by atoms with Gasteiger partial charge in [-0.3, -0.25) is 4.79 Å². The van der Waals surface area contributed by atoms with Crippen molar-refractivity contribution in [2.45, 2.75) is 58.9 Å². The minimum Gasteiger partial charge on any atom is -0.336 e. The van der Waals surface area contributed by atoms with Crippen LogP contribution in [-0.4, -0.2) is 23.4 Å². The minimum atomic E-state index is 0.204. The molecule has 0 radical (unpaired) electrons. The molecule has 0 aromatic rings. The van der Waals surface area contributed by atoms with E-state index in [0.29, 0.717) is 12.0 Å². The van der Waals surface area contributed by atoms with Crippen molar-refractivity contribution in [1.82, 2.24) is 4.90 Å². The van der Waals surface area contributed by atoms with Gasteiger partial charge in [0.15, 0.2) is 0 Å². The van der Waals surface area contributed by atoms with Crippen molar-refractivity contribution in [2.24, 2.45) is 5.92 Å². The van der Waals surface area contributed by atoms with Crippen molar-refractivity contribution in [3.63, 3.8) is 0 Å². The molecule has 0 bridgehead atoms. The Morgan fingerprint density at radius 3 is 2.50 bits per heavy atom. The lowest BCUT2D eigenvalue weighted by Gasteiger charge is -2.28. The number of rotatable bonds is 5. The van der Waals surface area contributed by atoms with E-state index in [9.17, 15) is 4.79 Å². The Labute approximate surface area is 99.7 Å². The summed E-state index contributed by atoms with van der Waals surface area (Å²) in [6.07, 6.45) is 9.62. The molecule has 0 unspecified atom stereocenters. The molecule has 2 heteroatoms. The topological polar surface area (TPSA) is 20.3 Å². The normalized spacial score (nSPS) is 17.5. The minimum absolute atomic E-state index is 0.204. The third-order valence-corrected chi connectivity index (χ3v) is 3.31. The van der Waals surface area contributed by atoms with Gasteiger partial charge in [0.2, 0.25) is 5.91 Å². The first-order chi connectivity index (χ1) is 7.65. The van der Waals surface area contributed by atoms with E-state index < -0.39 is 0 Å². The maximum atomic E-state index is 12.0. The molecule has 92 valence electrons. The number of hydrogen-bond donors (Lipinski definition) is 0. The highest BCUT2D eigenvalue weighted by atomic mass is 16.2. The average Bonchev–Trinajstić information content (AvgIpc) is 2.71. The average molecular weight is 223 g/mol. The van der Waals surface area contributed by atoms with E-state index in [0.717, 1.165) is 13.0 Å². The number of carbonyl (C=O) groups is 1. The molecule has 0 aromatic heterocycles. The van der Waals surface area contributed by atoms with Crippen molar-refractivity contribution in [1.29, 1.82) is 0 Å².